The molecule has 0 spiro atoms. The second-order valence-electron chi connectivity index (χ2n) is 4.64. The van der Waals surface area contributed by atoms with Gasteiger partial charge < -0.3 is 15.3 Å². The van der Waals surface area contributed by atoms with Gasteiger partial charge in [0.2, 0.25) is 0 Å². The number of halogens is 2. The first-order valence-corrected chi connectivity index (χ1v) is 7.01. The minimum Gasteiger partial charge on any atom is -0.481 e. The van der Waals surface area contributed by atoms with E-state index in [0.717, 1.165) is 6.42 Å². The lowest BCUT2D eigenvalue weighted by Crippen LogP contribution is -2.39. The number of likely N-dealkylation sites (tertiary alicyclic amines) is 1. The number of carbonyl (C=O) groups is 2. The fourth-order valence-corrected chi connectivity index (χ4v) is 2.74. The van der Waals surface area contributed by atoms with Crippen LogP contribution in [-0.2, 0) is 4.79 Å². The van der Waals surface area contributed by atoms with Crippen LogP contribution in [0, 0.1) is 5.82 Å². The number of rotatable bonds is 3. The highest BCUT2D eigenvalue weighted by atomic mass is 79.9. The van der Waals surface area contributed by atoms with Gasteiger partial charge in [0.05, 0.1) is 12.1 Å². The van der Waals surface area contributed by atoms with Gasteiger partial charge in [-0.3, -0.25) is 4.79 Å². The maximum absolute atomic E-state index is 13.0. The Bertz CT molecular complexity index is 538. The van der Waals surface area contributed by atoms with Crippen LogP contribution in [0.2, 0.25) is 0 Å². The van der Waals surface area contributed by atoms with Crippen molar-refractivity contribution in [3.8, 4) is 0 Å². The Morgan fingerprint density at radius 2 is 2.25 bits per heavy atom. The second kappa shape index (κ2) is 6.21. The molecule has 7 heteroatoms. The smallest absolute Gasteiger partial charge is 0.322 e. The molecule has 0 aliphatic carbocycles. The number of nitrogens with zero attached hydrogens (tertiary/aromatic N) is 1. The lowest BCUT2D eigenvalue weighted by atomic mass is 10.1. The predicted octanol–water partition coefficient (Wildman–Crippen LogP) is 3.06. The zero-order valence-electron chi connectivity index (χ0n) is 10.6. The van der Waals surface area contributed by atoms with Gasteiger partial charge in [0.25, 0.3) is 0 Å². The number of hydrogen-bond donors (Lipinski definition) is 2. The summed E-state index contributed by atoms with van der Waals surface area (Å²) in [5.74, 6) is -1.32. The number of carbonyl (C=O) groups excluding carboxylic acids is 1. The molecule has 0 bridgehead atoms. The quantitative estimate of drug-likeness (QED) is 0.885. The van der Waals surface area contributed by atoms with Crippen molar-refractivity contribution in [1.29, 1.82) is 0 Å². The Labute approximate surface area is 123 Å². The minimum atomic E-state index is -0.919. The van der Waals surface area contributed by atoms with Gasteiger partial charge in [-0.05, 0) is 47.0 Å². The molecule has 1 aliphatic heterocycles. The number of hydrogen-bond acceptors (Lipinski definition) is 2. The Balaban J connectivity index is 2.05. The lowest BCUT2D eigenvalue weighted by molar-refractivity contribution is -0.137. The molecule has 5 nitrogen and oxygen atoms in total. The summed E-state index contributed by atoms with van der Waals surface area (Å²) in [5.41, 5.74) is 0.456. The number of aliphatic carboxylic acids is 1. The molecule has 1 saturated heterocycles. The van der Waals surface area contributed by atoms with Crippen molar-refractivity contribution in [1.82, 2.24) is 4.90 Å². The van der Waals surface area contributed by atoms with Crippen molar-refractivity contribution in [2.45, 2.75) is 25.3 Å². The summed E-state index contributed by atoms with van der Waals surface area (Å²) in [6, 6.07) is 3.32. The Hall–Kier alpha value is -1.63. The average molecular weight is 345 g/mol. The monoisotopic (exact) mass is 344 g/mol. The van der Waals surface area contributed by atoms with Crippen molar-refractivity contribution in [2.24, 2.45) is 0 Å². The number of nitrogens with one attached hydrogen (secondary N) is 1. The number of urea groups is 1. The SMILES string of the molecule is O=C(O)CC1CCCN1C(=O)Nc1ccc(F)cc1Br. The van der Waals surface area contributed by atoms with Crippen LogP contribution in [0.4, 0.5) is 14.9 Å². The Morgan fingerprint density at radius 3 is 2.90 bits per heavy atom. The van der Waals surface area contributed by atoms with Crippen LogP contribution < -0.4 is 5.32 Å². The number of carboxylic acid groups (broad SMARTS) is 1. The van der Waals surface area contributed by atoms with E-state index in [4.69, 9.17) is 5.11 Å². The molecule has 2 N–H and O–H groups in total. The van der Waals surface area contributed by atoms with Gasteiger partial charge in [-0.1, -0.05) is 0 Å². The third-order valence-electron chi connectivity index (χ3n) is 3.22. The summed E-state index contributed by atoms with van der Waals surface area (Å²) < 4.78 is 13.4. The number of benzene rings is 1. The number of amides is 2. The van der Waals surface area contributed by atoms with Gasteiger partial charge in [0.15, 0.2) is 0 Å². The normalized spacial score (nSPS) is 18.1. The minimum absolute atomic E-state index is 0.0575. The molecule has 20 heavy (non-hydrogen) atoms. The van der Waals surface area contributed by atoms with E-state index in [2.05, 4.69) is 21.2 Å². The van der Waals surface area contributed by atoms with E-state index >= 15 is 0 Å². The van der Waals surface area contributed by atoms with E-state index < -0.39 is 11.8 Å². The standard InChI is InChI=1S/C13H14BrFN2O3/c14-10-6-8(15)3-4-11(10)16-13(20)17-5-1-2-9(17)7-12(18)19/h3-4,6,9H,1-2,5,7H2,(H,16,20)(H,18,19). The third-order valence-corrected chi connectivity index (χ3v) is 3.88. The molecule has 0 radical (unpaired) electrons. The molecule has 1 aliphatic rings. The molecule has 1 aromatic carbocycles. The van der Waals surface area contributed by atoms with Crippen LogP contribution in [0.1, 0.15) is 19.3 Å². The van der Waals surface area contributed by atoms with Gasteiger partial charge in [0.1, 0.15) is 5.82 Å². The first-order valence-electron chi connectivity index (χ1n) is 6.22. The summed E-state index contributed by atoms with van der Waals surface area (Å²) in [7, 11) is 0. The fraction of sp³-hybridized carbons (Fsp3) is 0.385. The lowest BCUT2D eigenvalue weighted by Gasteiger charge is -2.24. The van der Waals surface area contributed by atoms with Crippen molar-refractivity contribution >= 4 is 33.6 Å². The zero-order chi connectivity index (χ0) is 14.7. The molecular weight excluding hydrogens is 331 g/mol. The maximum Gasteiger partial charge on any atom is 0.322 e. The molecule has 2 rings (SSSR count). The molecule has 1 atom stereocenters. The molecule has 1 aromatic rings. The van der Waals surface area contributed by atoms with E-state index in [1.807, 2.05) is 0 Å². The van der Waals surface area contributed by atoms with Crippen LogP contribution in [0.3, 0.4) is 0 Å². The highest BCUT2D eigenvalue weighted by Crippen LogP contribution is 2.25. The second-order valence-corrected chi connectivity index (χ2v) is 5.50. The van der Waals surface area contributed by atoms with Crippen molar-refractivity contribution in [2.75, 3.05) is 11.9 Å². The molecule has 0 saturated carbocycles. The van der Waals surface area contributed by atoms with Gasteiger partial charge in [-0.15, -0.1) is 0 Å². The summed E-state index contributed by atoms with van der Waals surface area (Å²) in [4.78, 5) is 24.4. The number of carboxylic acids is 1. The predicted molar refractivity (Wildman–Crippen MR) is 75.1 cm³/mol. The Kier molecular flexibility index (Phi) is 4.59. The molecule has 1 heterocycles. The van der Waals surface area contributed by atoms with E-state index in [0.29, 0.717) is 23.1 Å². The fourth-order valence-electron chi connectivity index (χ4n) is 2.29. The summed E-state index contributed by atoms with van der Waals surface area (Å²) in [6.07, 6.45) is 1.41. The van der Waals surface area contributed by atoms with Crippen LogP contribution >= 0.6 is 15.9 Å². The van der Waals surface area contributed by atoms with Crippen LogP contribution in [-0.4, -0.2) is 34.6 Å². The molecule has 1 fully saturated rings. The van der Waals surface area contributed by atoms with Gasteiger partial charge >= 0.3 is 12.0 Å². The summed E-state index contributed by atoms with van der Waals surface area (Å²) in [6.45, 7) is 0.530. The third kappa shape index (κ3) is 3.47. The van der Waals surface area contributed by atoms with Crippen molar-refractivity contribution in [3.63, 3.8) is 0 Å². The summed E-state index contributed by atoms with van der Waals surface area (Å²) in [5, 5.41) is 11.5. The molecule has 0 aromatic heterocycles. The molecular formula is C13H14BrFN2O3. The van der Waals surface area contributed by atoms with Gasteiger partial charge in [0, 0.05) is 17.1 Å². The zero-order valence-corrected chi connectivity index (χ0v) is 12.2. The largest absolute Gasteiger partial charge is 0.481 e. The van der Waals surface area contributed by atoms with E-state index in [1.54, 1.807) is 0 Å². The number of anilines is 1. The van der Waals surface area contributed by atoms with Crippen LogP contribution in [0.15, 0.2) is 22.7 Å². The highest BCUT2D eigenvalue weighted by Gasteiger charge is 2.30. The molecule has 108 valence electrons. The van der Waals surface area contributed by atoms with E-state index in [1.165, 1.54) is 23.1 Å². The van der Waals surface area contributed by atoms with Gasteiger partial charge in [-0.25, -0.2) is 9.18 Å². The summed E-state index contributed by atoms with van der Waals surface area (Å²) >= 11 is 3.17. The topological polar surface area (TPSA) is 69.6 Å². The van der Waals surface area contributed by atoms with E-state index in [-0.39, 0.29) is 18.5 Å². The highest BCUT2D eigenvalue weighted by molar-refractivity contribution is 9.10. The first kappa shape index (κ1) is 14.8. The average Bonchev–Trinajstić information content (AvgIpc) is 2.80. The van der Waals surface area contributed by atoms with Crippen LogP contribution in [0.25, 0.3) is 0 Å². The van der Waals surface area contributed by atoms with Crippen molar-refractivity contribution in [3.05, 3.63) is 28.5 Å². The van der Waals surface area contributed by atoms with Crippen molar-refractivity contribution < 1.29 is 19.1 Å². The first-order chi connectivity index (χ1) is 9.47. The van der Waals surface area contributed by atoms with Crippen LogP contribution in [0.5, 0.6) is 0 Å². The maximum atomic E-state index is 13.0. The van der Waals surface area contributed by atoms with Gasteiger partial charge in [-0.2, -0.15) is 0 Å². The van der Waals surface area contributed by atoms with E-state index in [9.17, 15) is 14.0 Å². The molecule has 2 amide bonds. The Morgan fingerprint density at radius 1 is 1.50 bits per heavy atom. The molecule has 1 unspecified atom stereocenters.